The molecule has 1 aromatic carbocycles. The van der Waals surface area contributed by atoms with E-state index in [0.29, 0.717) is 39.0 Å². The Morgan fingerprint density at radius 2 is 1.94 bits per heavy atom. The number of aryl methyl sites for hydroxylation is 1. The molecule has 0 bridgehead atoms. The number of aromatic nitrogens is 6. The van der Waals surface area contributed by atoms with Crippen molar-refractivity contribution in [3.63, 3.8) is 0 Å². The Labute approximate surface area is 195 Å². The Bertz CT molecular complexity index is 1530. The molecule has 1 amide bonds. The number of carbonyl (C=O) groups excluding carboxylic acids is 1. The van der Waals surface area contributed by atoms with E-state index in [1.807, 2.05) is 0 Å². The normalized spacial score (nSPS) is 12.8. The molecule has 12 heteroatoms. The van der Waals surface area contributed by atoms with Crippen molar-refractivity contribution in [3.8, 4) is 5.69 Å². The van der Waals surface area contributed by atoms with E-state index >= 15 is 0 Å². The predicted molar refractivity (Wildman–Crippen MR) is 120 cm³/mol. The molecule has 0 spiro atoms. The minimum atomic E-state index is -4.55. The molecule has 5 rings (SSSR count). The minimum absolute atomic E-state index is 0.308. The fourth-order valence-corrected chi connectivity index (χ4v) is 3.88. The van der Waals surface area contributed by atoms with Crippen molar-refractivity contribution < 1.29 is 23.1 Å². The number of hydrogen-bond donors (Lipinski definition) is 2. The first-order valence-corrected chi connectivity index (χ1v) is 10.5. The summed E-state index contributed by atoms with van der Waals surface area (Å²) in [4.78, 5) is 22.0. The molecule has 0 aliphatic rings. The van der Waals surface area contributed by atoms with E-state index in [2.05, 4.69) is 25.5 Å². The SMILES string of the molecule is Cn1nc2c3cc(C(=O)NC(CO)c4ccccn4)ccc3n(-c3ccc(C(F)(F)F)nc3)c2n1. The van der Waals surface area contributed by atoms with E-state index in [0.717, 1.165) is 12.3 Å². The number of halogens is 3. The summed E-state index contributed by atoms with van der Waals surface area (Å²) >= 11 is 0. The van der Waals surface area contributed by atoms with E-state index in [-0.39, 0.29) is 6.61 Å². The molecule has 4 aromatic heterocycles. The number of fused-ring (bicyclic) bond motifs is 3. The van der Waals surface area contributed by atoms with Crippen molar-refractivity contribution in [2.75, 3.05) is 6.61 Å². The fourth-order valence-electron chi connectivity index (χ4n) is 3.88. The summed E-state index contributed by atoms with van der Waals surface area (Å²) in [7, 11) is 1.62. The van der Waals surface area contributed by atoms with Crippen LogP contribution in [0.4, 0.5) is 13.2 Å². The molecule has 1 atom stereocenters. The maximum atomic E-state index is 13.0. The lowest BCUT2D eigenvalue weighted by atomic mass is 10.1. The minimum Gasteiger partial charge on any atom is -0.394 e. The maximum Gasteiger partial charge on any atom is 0.433 e. The van der Waals surface area contributed by atoms with E-state index in [4.69, 9.17) is 0 Å². The van der Waals surface area contributed by atoms with Gasteiger partial charge in [0.05, 0.1) is 35.7 Å². The van der Waals surface area contributed by atoms with Gasteiger partial charge < -0.3 is 10.4 Å². The number of carbonyl (C=O) groups is 1. The summed E-state index contributed by atoms with van der Waals surface area (Å²) in [5.74, 6) is -0.433. The van der Waals surface area contributed by atoms with Gasteiger partial charge in [0, 0.05) is 24.2 Å². The third-order valence-electron chi connectivity index (χ3n) is 5.49. The number of alkyl halides is 3. The number of pyridine rings is 2. The molecule has 2 N–H and O–H groups in total. The van der Waals surface area contributed by atoms with Crippen LogP contribution in [-0.4, -0.2) is 47.1 Å². The van der Waals surface area contributed by atoms with Crippen LogP contribution in [0.1, 0.15) is 27.8 Å². The average molecular weight is 481 g/mol. The molecular formula is C23H18F3N7O2. The molecule has 0 aliphatic heterocycles. The topological polar surface area (TPSA) is 111 Å². The molecule has 5 aromatic rings. The highest BCUT2D eigenvalue weighted by Gasteiger charge is 2.32. The van der Waals surface area contributed by atoms with E-state index in [1.54, 1.807) is 54.2 Å². The van der Waals surface area contributed by atoms with Crippen molar-refractivity contribution in [2.45, 2.75) is 12.2 Å². The first-order valence-electron chi connectivity index (χ1n) is 10.5. The Morgan fingerprint density at radius 1 is 1.11 bits per heavy atom. The predicted octanol–water partition coefficient (Wildman–Crippen LogP) is 3.18. The smallest absolute Gasteiger partial charge is 0.394 e. The average Bonchev–Trinajstić information content (AvgIpc) is 3.36. The number of benzene rings is 1. The van der Waals surface area contributed by atoms with Crippen LogP contribution in [0, 0.1) is 0 Å². The van der Waals surface area contributed by atoms with Crippen molar-refractivity contribution in [3.05, 3.63) is 77.9 Å². The largest absolute Gasteiger partial charge is 0.433 e. The first kappa shape index (κ1) is 22.5. The third kappa shape index (κ3) is 4.08. The van der Waals surface area contributed by atoms with Gasteiger partial charge in [-0.1, -0.05) is 6.07 Å². The highest BCUT2D eigenvalue weighted by molar-refractivity contribution is 6.08. The van der Waals surface area contributed by atoms with Gasteiger partial charge in [-0.15, -0.1) is 5.10 Å². The highest BCUT2D eigenvalue weighted by atomic mass is 19.4. The van der Waals surface area contributed by atoms with Crippen LogP contribution >= 0.6 is 0 Å². The molecule has 35 heavy (non-hydrogen) atoms. The van der Waals surface area contributed by atoms with Gasteiger partial charge in [-0.2, -0.15) is 23.1 Å². The zero-order chi connectivity index (χ0) is 24.7. The second-order valence-electron chi connectivity index (χ2n) is 7.79. The lowest BCUT2D eigenvalue weighted by Gasteiger charge is -2.16. The van der Waals surface area contributed by atoms with Crippen molar-refractivity contribution in [1.82, 2.24) is 34.8 Å². The third-order valence-corrected chi connectivity index (χ3v) is 5.49. The van der Waals surface area contributed by atoms with Crippen molar-refractivity contribution in [1.29, 1.82) is 0 Å². The van der Waals surface area contributed by atoms with Gasteiger partial charge in [0.2, 0.25) is 0 Å². The molecule has 0 radical (unpaired) electrons. The van der Waals surface area contributed by atoms with Gasteiger partial charge in [-0.3, -0.25) is 14.3 Å². The second kappa shape index (κ2) is 8.47. The number of aliphatic hydroxyl groups excluding tert-OH is 1. The zero-order valence-corrected chi connectivity index (χ0v) is 18.2. The van der Waals surface area contributed by atoms with E-state index in [1.165, 1.54) is 10.9 Å². The number of aliphatic hydroxyl groups is 1. The monoisotopic (exact) mass is 481 g/mol. The maximum absolute atomic E-state index is 13.0. The van der Waals surface area contributed by atoms with Crippen LogP contribution in [-0.2, 0) is 13.2 Å². The molecule has 1 unspecified atom stereocenters. The molecular weight excluding hydrogens is 463 g/mol. The van der Waals surface area contributed by atoms with Gasteiger partial charge in [0.15, 0.2) is 5.65 Å². The van der Waals surface area contributed by atoms with Crippen molar-refractivity contribution >= 4 is 28.0 Å². The standard InChI is InChI=1S/C23H18F3N7O2/c1-32-30-20-15-10-13(22(35)29-17(12-34)16-4-2-3-9-27-16)5-7-18(15)33(21(20)31-32)14-6-8-19(28-11-14)23(24,25)26/h2-11,17,34H,12H2,1H3,(H,29,35). The van der Waals surface area contributed by atoms with Crippen LogP contribution in [0.5, 0.6) is 0 Å². The molecule has 0 fully saturated rings. The molecule has 0 saturated carbocycles. The summed E-state index contributed by atoms with van der Waals surface area (Å²) in [6, 6.07) is 11.6. The lowest BCUT2D eigenvalue weighted by Crippen LogP contribution is -2.31. The summed E-state index contributed by atoms with van der Waals surface area (Å²) in [6.07, 6.45) is -1.86. The zero-order valence-electron chi connectivity index (χ0n) is 18.2. The van der Waals surface area contributed by atoms with Gasteiger partial charge in [-0.25, -0.2) is 4.98 Å². The molecule has 4 heterocycles. The molecule has 0 aliphatic carbocycles. The number of rotatable bonds is 5. The first-order chi connectivity index (χ1) is 16.8. The Kier molecular flexibility index (Phi) is 5.44. The van der Waals surface area contributed by atoms with E-state index < -0.39 is 23.8 Å². The highest BCUT2D eigenvalue weighted by Crippen LogP contribution is 2.32. The lowest BCUT2D eigenvalue weighted by molar-refractivity contribution is -0.141. The summed E-state index contributed by atoms with van der Waals surface area (Å²) in [5.41, 5.74) is 1.66. The van der Waals surface area contributed by atoms with Gasteiger partial charge in [0.1, 0.15) is 11.2 Å². The fraction of sp³-hybridized carbons (Fsp3) is 0.174. The van der Waals surface area contributed by atoms with Crippen LogP contribution < -0.4 is 5.32 Å². The van der Waals surface area contributed by atoms with Crippen LogP contribution in [0.15, 0.2) is 60.9 Å². The van der Waals surface area contributed by atoms with Gasteiger partial charge in [0.25, 0.3) is 5.91 Å². The van der Waals surface area contributed by atoms with Crippen molar-refractivity contribution in [2.24, 2.45) is 7.05 Å². The summed E-state index contributed by atoms with van der Waals surface area (Å²) < 4.78 is 40.5. The summed E-state index contributed by atoms with van der Waals surface area (Å²) in [5, 5.41) is 21.8. The summed E-state index contributed by atoms with van der Waals surface area (Å²) in [6.45, 7) is -0.337. The van der Waals surface area contributed by atoms with Crippen LogP contribution in [0.25, 0.3) is 27.8 Å². The molecule has 9 nitrogen and oxygen atoms in total. The number of nitrogens with zero attached hydrogens (tertiary/aromatic N) is 6. The number of nitrogens with one attached hydrogen (secondary N) is 1. The van der Waals surface area contributed by atoms with Crippen LogP contribution in [0.3, 0.4) is 0 Å². The second-order valence-corrected chi connectivity index (χ2v) is 7.79. The Hall–Kier alpha value is -4.32. The van der Waals surface area contributed by atoms with Gasteiger partial charge >= 0.3 is 6.18 Å². The quantitative estimate of drug-likeness (QED) is 0.399. The molecule has 0 saturated heterocycles. The van der Waals surface area contributed by atoms with Crippen LogP contribution in [0.2, 0.25) is 0 Å². The Morgan fingerprint density at radius 3 is 2.60 bits per heavy atom. The number of hydrogen-bond acceptors (Lipinski definition) is 6. The van der Waals surface area contributed by atoms with E-state index in [9.17, 15) is 23.1 Å². The Balaban J connectivity index is 1.56. The van der Waals surface area contributed by atoms with Gasteiger partial charge in [-0.05, 0) is 42.5 Å². The number of amides is 1. The molecule has 178 valence electrons.